The lowest BCUT2D eigenvalue weighted by atomic mass is 9.70. The topological polar surface area (TPSA) is 15.3 Å². The van der Waals surface area contributed by atoms with E-state index in [0.717, 1.165) is 19.6 Å². The van der Waals surface area contributed by atoms with Crippen molar-refractivity contribution in [1.82, 2.24) is 10.2 Å². The van der Waals surface area contributed by atoms with Gasteiger partial charge in [-0.2, -0.15) is 0 Å². The van der Waals surface area contributed by atoms with Crippen LogP contribution in [0.3, 0.4) is 0 Å². The lowest BCUT2D eigenvalue weighted by Gasteiger charge is -2.53. The van der Waals surface area contributed by atoms with Crippen LogP contribution >= 0.6 is 0 Å². The Morgan fingerprint density at radius 1 is 0.889 bits per heavy atom. The fraction of sp³-hybridized carbons (Fsp3) is 1.00. The van der Waals surface area contributed by atoms with E-state index in [4.69, 9.17) is 0 Å². The van der Waals surface area contributed by atoms with Gasteiger partial charge in [0.25, 0.3) is 0 Å². The molecule has 0 saturated heterocycles. The summed E-state index contributed by atoms with van der Waals surface area (Å²) in [5.41, 5.74) is 0.558. The fourth-order valence-electron chi connectivity index (χ4n) is 3.65. The molecule has 0 fully saturated rings. The van der Waals surface area contributed by atoms with Crippen molar-refractivity contribution >= 4 is 0 Å². The Morgan fingerprint density at radius 3 is 1.56 bits per heavy atom. The molecule has 110 valence electrons. The molecule has 0 aromatic carbocycles. The molecule has 0 aliphatic rings. The van der Waals surface area contributed by atoms with Crippen LogP contribution in [0.2, 0.25) is 0 Å². The third-order valence-electron chi connectivity index (χ3n) is 4.43. The molecule has 2 nitrogen and oxygen atoms in total. The molecule has 18 heavy (non-hydrogen) atoms. The summed E-state index contributed by atoms with van der Waals surface area (Å²) in [7, 11) is 0. The van der Waals surface area contributed by atoms with E-state index >= 15 is 0 Å². The molecule has 0 aliphatic carbocycles. The highest BCUT2D eigenvalue weighted by molar-refractivity contribution is 5.03. The van der Waals surface area contributed by atoms with Gasteiger partial charge in [-0.1, -0.05) is 55.4 Å². The van der Waals surface area contributed by atoms with E-state index in [2.05, 4.69) is 65.6 Å². The van der Waals surface area contributed by atoms with Gasteiger partial charge in [-0.3, -0.25) is 4.90 Å². The van der Waals surface area contributed by atoms with Crippen molar-refractivity contribution in [1.29, 1.82) is 0 Å². The molecule has 1 unspecified atom stereocenters. The summed E-state index contributed by atoms with van der Waals surface area (Å²) >= 11 is 0. The standard InChI is InChI=1S/C16H36N2/c1-9-16(10-2,18(12-4)13-5)14(17-11-3)15(6,7)8/h14,17H,9-13H2,1-8H3. The minimum atomic E-state index is 0.276. The Labute approximate surface area is 116 Å². The van der Waals surface area contributed by atoms with Gasteiger partial charge in [0.15, 0.2) is 0 Å². The van der Waals surface area contributed by atoms with Gasteiger partial charge in [0.1, 0.15) is 0 Å². The maximum Gasteiger partial charge on any atom is 0.0362 e. The van der Waals surface area contributed by atoms with E-state index in [1.807, 2.05) is 0 Å². The Morgan fingerprint density at radius 2 is 1.33 bits per heavy atom. The van der Waals surface area contributed by atoms with Crippen LogP contribution in [0.1, 0.15) is 68.2 Å². The minimum Gasteiger partial charge on any atom is -0.312 e. The first-order chi connectivity index (χ1) is 8.33. The quantitative estimate of drug-likeness (QED) is 0.708. The Hall–Kier alpha value is -0.0800. The molecule has 0 radical (unpaired) electrons. The smallest absolute Gasteiger partial charge is 0.0362 e. The fourth-order valence-corrected chi connectivity index (χ4v) is 3.65. The van der Waals surface area contributed by atoms with E-state index in [9.17, 15) is 0 Å². The largest absolute Gasteiger partial charge is 0.312 e. The van der Waals surface area contributed by atoms with E-state index < -0.39 is 0 Å². The van der Waals surface area contributed by atoms with Crippen molar-refractivity contribution in [2.45, 2.75) is 79.8 Å². The third kappa shape index (κ3) is 3.71. The van der Waals surface area contributed by atoms with Crippen LogP contribution in [0.25, 0.3) is 0 Å². The lowest BCUT2D eigenvalue weighted by molar-refractivity contribution is 0.00798. The molecule has 0 spiro atoms. The monoisotopic (exact) mass is 256 g/mol. The molecule has 1 N–H and O–H groups in total. The number of hydrogen-bond acceptors (Lipinski definition) is 2. The molecule has 0 aromatic rings. The number of likely N-dealkylation sites (N-methyl/N-ethyl adjacent to an activating group) is 2. The van der Waals surface area contributed by atoms with Crippen molar-refractivity contribution < 1.29 is 0 Å². The first-order valence-electron chi connectivity index (χ1n) is 7.82. The average molecular weight is 256 g/mol. The zero-order valence-corrected chi connectivity index (χ0v) is 14.1. The molecule has 0 heterocycles. The zero-order chi connectivity index (χ0) is 14.4. The van der Waals surface area contributed by atoms with Gasteiger partial charge >= 0.3 is 0 Å². The average Bonchev–Trinajstić information content (AvgIpc) is 2.32. The lowest BCUT2D eigenvalue weighted by Crippen LogP contribution is -2.65. The van der Waals surface area contributed by atoms with Crippen molar-refractivity contribution in [2.75, 3.05) is 19.6 Å². The summed E-state index contributed by atoms with van der Waals surface area (Å²) in [5.74, 6) is 0. The first-order valence-corrected chi connectivity index (χ1v) is 7.82. The van der Waals surface area contributed by atoms with E-state index in [0.29, 0.717) is 6.04 Å². The van der Waals surface area contributed by atoms with Crippen LogP contribution < -0.4 is 5.32 Å². The first kappa shape index (κ1) is 17.9. The predicted molar refractivity (Wildman–Crippen MR) is 83.2 cm³/mol. The highest BCUT2D eigenvalue weighted by Crippen LogP contribution is 2.37. The Kier molecular flexibility index (Phi) is 7.46. The summed E-state index contributed by atoms with van der Waals surface area (Å²) in [4.78, 5) is 2.66. The van der Waals surface area contributed by atoms with Crippen molar-refractivity contribution in [3.8, 4) is 0 Å². The van der Waals surface area contributed by atoms with Gasteiger partial charge in [0, 0.05) is 11.6 Å². The van der Waals surface area contributed by atoms with Crippen molar-refractivity contribution in [3.05, 3.63) is 0 Å². The normalized spacial score (nSPS) is 15.2. The van der Waals surface area contributed by atoms with E-state index in [1.165, 1.54) is 12.8 Å². The highest BCUT2D eigenvalue weighted by atomic mass is 15.2. The van der Waals surface area contributed by atoms with E-state index in [-0.39, 0.29) is 11.0 Å². The van der Waals surface area contributed by atoms with E-state index in [1.54, 1.807) is 0 Å². The molecule has 0 rings (SSSR count). The molecule has 1 atom stereocenters. The molecular formula is C16H36N2. The maximum absolute atomic E-state index is 3.77. The van der Waals surface area contributed by atoms with Crippen LogP contribution in [0.4, 0.5) is 0 Å². The van der Waals surface area contributed by atoms with Gasteiger partial charge in [0.2, 0.25) is 0 Å². The molecule has 0 saturated carbocycles. The second-order valence-electron chi connectivity index (χ2n) is 6.34. The maximum atomic E-state index is 3.77. The number of nitrogens with one attached hydrogen (secondary N) is 1. The van der Waals surface area contributed by atoms with Gasteiger partial charge in [-0.15, -0.1) is 0 Å². The van der Waals surface area contributed by atoms with Gasteiger partial charge in [0.05, 0.1) is 0 Å². The van der Waals surface area contributed by atoms with Crippen LogP contribution in [0, 0.1) is 5.41 Å². The molecule has 0 aliphatic heterocycles. The third-order valence-corrected chi connectivity index (χ3v) is 4.43. The highest BCUT2D eigenvalue weighted by Gasteiger charge is 2.44. The zero-order valence-electron chi connectivity index (χ0n) is 14.1. The number of nitrogens with zero attached hydrogens (tertiary/aromatic N) is 1. The van der Waals surface area contributed by atoms with Gasteiger partial charge in [-0.05, 0) is 37.9 Å². The molecule has 2 heteroatoms. The Bertz CT molecular complexity index is 210. The van der Waals surface area contributed by atoms with Crippen LogP contribution in [0.5, 0.6) is 0 Å². The Balaban J connectivity index is 5.49. The van der Waals surface area contributed by atoms with Crippen LogP contribution in [-0.4, -0.2) is 36.1 Å². The number of hydrogen-bond donors (Lipinski definition) is 1. The summed E-state index contributed by atoms with van der Waals surface area (Å²) in [6, 6.07) is 0.532. The van der Waals surface area contributed by atoms with Crippen molar-refractivity contribution in [2.24, 2.45) is 5.41 Å². The summed E-state index contributed by atoms with van der Waals surface area (Å²) < 4.78 is 0. The minimum absolute atomic E-state index is 0.276. The molecular weight excluding hydrogens is 220 g/mol. The van der Waals surface area contributed by atoms with Crippen LogP contribution in [0.15, 0.2) is 0 Å². The molecule has 0 amide bonds. The second-order valence-corrected chi connectivity index (χ2v) is 6.34. The molecule has 0 aromatic heterocycles. The number of rotatable bonds is 8. The molecule has 0 bridgehead atoms. The van der Waals surface area contributed by atoms with Crippen molar-refractivity contribution in [3.63, 3.8) is 0 Å². The summed E-state index contributed by atoms with van der Waals surface area (Å²) in [5, 5.41) is 3.77. The second kappa shape index (κ2) is 7.49. The van der Waals surface area contributed by atoms with Gasteiger partial charge < -0.3 is 5.32 Å². The summed E-state index contributed by atoms with van der Waals surface area (Å²) in [6.07, 6.45) is 2.42. The predicted octanol–water partition coefficient (Wildman–Crippen LogP) is 3.91. The summed E-state index contributed by atoms with van der Waals surface area (Å²) in [6.45, 7) is 21.9. The van der Waals surface area contributed by atoms with Gasteiger partial charge in [-0.25, -0.2) is 0 Å². The van der Waals surface area contributed by atoms with Crippen LogP contribution in [-0.2, 0) is 0 Å². The SMILES string of the molecule is CCNC(C(C)(C)C)C(CC)(CC)N(CC)CC.